The van der Waals surface area contributed by atoms with Gasteiger partial charge in [-0.25, -0.2) is 0 Å². The van der Waals surface area contributed by atoms with Crippen LogP contribution in [0.5, 0.6) is 0 Å². The molecule has 4 heteroatoms. The molecule has 4 nitrogen and oxygen atoms in total. The summed E-state index contributed by atoms with van der Waals surface area (Å²) in [6.07, 6.45) is 2.60. The second-order valence-electron chi connectivity index (χ2n) is 7.41. The smallest absolute Gasteiger partial charge is 0.223 e. The molecule has 1 N–H and O–H groups in total. The number of anilines is 1. The second-order valence-corrected chi connectivity index (χ2v) is 7.41. The summed E-state index contributed by atoms with van der Waals surface area (Å²) in [4.78, 5) is 26.7. The van der Waals surface area contributed by atoms with Crippen LogP contribution in [0.15, 0.2) is 48.5 Å². The molecule has 1 saturated heterocycles. The molecule has 0 aliphatic carbocycles. The third-order valence-corrected chi connectivity index (χ3v) is 5.31. The summed E-state index contributed by atoms with van der Waals surface area (Å²) in [7, 11) is 0. The van der Waals surface area contributed by atoms with E-state index in [1.165, 1.54) is 11.1 Å². The van der Waals surface area contributed by atoms with Crippen LogP contribution in [-0.4, -0.2) is 35.7 Å². The first-order valence-corrected chi connectivity index (χ1v) is 9.73. The SMILES string of the molecule is Cc1ccc(N[C@@H]2CCCN(C(=O)CCC(=O)c3ccccc3)C2)cc1C. The zero-order valence-corrected chi connectivity index (χ0v) is 16.2. The van der Waals surface area contributed by atoms with E-state index in [9.17, 15) is 9.59 Å². The Morgan fingerprint density at radius 2 is 1.81 bits per heavy atom. The van der Waals surface area contributed by atoms with Crippen molar-refractivity contribution in [3.05, 3.63) is 65.2 Å². The monoisotopic (exact) mass is 364 g/mol. The number of rotatable bonds is 6. The van der Waals surface area contributed by atoms with Crippen molar-refractivity contribution in [2.45, 2.75) is 45.6 Å². The van der Waals surface area contributed by atoms with E-state index in [0.29, 0.717) is 12.1 Å². The number of nitrogens with zero attached hydrogens (tertiary/aromatic N) is 1. The Labute approximate surface area is 161 Å². The van der Waals surface area contributed by atoms with Crippen LogP contribution >= 0.6 is 0 Å². The minimum absolute atomic E-state index is 0.0331. The molecule has 1 heterocycles. The fourth-order valence-corrected chi connectivity index (χ4v) is 3.54. The normalized spacial score (nSPS) is 16.8. The Bertz CT molecular complexity index is 801. The molecule has 0 radical (unpaired) electrons. The lowest BCUT2D eigenvalue weighted by Gasteiger charge is -2.34. The van der Waals surface area contributed by atoms with Crippen LogP contribution in [0.1, 0.15) is 47.2 Å². The molecule has 2 aromatic rings. The first kappa shape index (κ1) is 19.2. The number of benzene rings is 2. The lowest BCUT2D eigenvalue weighted by atomic mass is 10.0. The number of hydrogen-bond donors (Lipinski definition) is 1. The summed E-state index contributed by atoms with van der Waals surface area (Å²) < 4.78 is 0. The highest BCUT2D eigenvalue weighted by molar-refractivity contribution is 5.97. The molecule has 27 heavy (non-hydrogen) atoms. The highest BCUT2D eigenvalue weighted by Gasteiger charge is 2.24. The molecule has 1 amide bonds. The third-order valence-electron chi connectivity index (χ3n) is 5.31. The molecule has 0 aromatic heterocycles. The van der Waals surface area contributed by atoms with Crippen LogP contribution in [-0.2, 0) is 4.79 Å². The molecule has 0 unspecified atom stereocenters. The van der Waals surface area contributed by atoms with Gasteiger partial charge in [0.25, 0.3) is 0 Å². The summed E-state index contributed by atoms with van der Waals surface area (Å²) in [6.45, 7) is 5.70. The van der Waals surface area contributed by atoms with Crippen LogP contribution in [0.4, 0.5) is 5.69 Å². The number of carbonyl (C=O) groups is 2. The van der Waals surface area contributed by atoms with Crippen LogP contribution in [0, 0.1) is 13.8 Å². The van der Waals surface area contributed by atoms with Crippen LogP contribution in [0.25, 0.3) is 0 Å². The summed E-state index contributed by atoms with van der Waals surface area (Å²) in [5.41, 5.74) is 4.34. The van der Waals surface area contributed by atoms with Crippen LogP contribution in [0.3, 0.4) is 0 Å². The fourth-order valence-electron chi connectivity index (χ4n) is 3.54. The van der Waals surface area contributed by atoms with E-state index in [1.54, 1.807) is 12.1 Å². The Morgan fingerprint density at radius 3 is 2.56 bits per heavy atom. The average molecular weight is 364 g/mol. The lowest BCUT2D eigenvalue weighted by Crippen LogP contribution is -2.45. The molecule has 1 fully saturated rings. The van der Waals surface area contributed by atoms with Crippen LogP contribution in [0.2, 0.25) is 0 Å². The maximum absolute atomic E-state index is 12.6. The lowest BCUT2D eigenvalue weighted by molar-refractivity contribution is -0.132. The first-order chi connectivity index (χ1) is 13.0. The third kappa shape index (κ3) is 5.19. The van der Waals surface area contributed by atoms with Gasteiger partial charge in [-0.15, -0.1) is 0 Å². The minimum atomic E-state index is 0.0331. The number of likely N-dealkylation sites (tertiary alicyclic amines) is 1. The van der Waals surface area contributed by atoms with Crippen molar-refractivity contribution in [2.24, 2.45) is 0 Å². The number of aryl methyl sites for hydroxylation is 2. The Hall–Kier alpha value is -2.62. The molecular weight excluding hydrogens is 336 g/mol. The maximum Gasteiger partial charge on any atom is 0.223 e. The van der Waals surface area contributed by atoms with Gasteiger partial charge in [0.2, 0.25) is 5.91 Å². The zero-order chi connectivity index (χ0) is 19.2. The maximum atomic E-state index is 12.6. The number of Topliss-reactive ketones (excluding diaryl/α,β-unsaturated/α-hetero) is 1. The van der Waals surface area contributed by atoms with Crippen LogP contribution < -0.4 is 5.32 Å². The number of nitrogens with one attached hydrogen (secondary N) is 1. The van der Waals surface area contributed by atoms with Gasteiger partial charge >= 0.3 is 0 Å². The van der Waals surface area contributed by atoms with Crippen molar-refractivity contribution in [1.82, 2.24) is 4.90 Å². The number of carbonyl (C=O) groups excluding carboxylic acids is 2. The van der Waals surface area contributed by atoms with Gasteiger partial charge in [0.1, 0.15) is 0 Å². The minimum Gasteiger partial charge on any atom is -0.381 e. The van der Waals surface area contributed by atoms with E-state index in [-0.39, 0.29) is 30.6 Å². The van der Waals surface area contributed by atoms with Gasteiger partial charge in [0.15, 0.2) is 5.78 Å². The standard InChI is InChI=1S/C23H28N2O2/c1-17-10-11-20(15-18(17)2)24-21-9-6-14-25(16-21)23(27)13-12-22(26)19-7-4-3-5-8-19/h3-5,7-8,10-11,15,21,24H,6,9,12-14,16H2,1-2H3/t21-/m1/s1. The second kappa shape index (κ2) is 8.85. The number of piperidine rings is 1. The van der Waals surface area contributed by atoms with Crippen molar-refractivity contribution in [2.75, 3.05) is 18.4 Å². The van der Waals surface area contributed by atoms with E-state index < -0.39 is 0 Å². The van der Waals surface area contributed by atoms with E-state index in [0.717, 1.165) is 25.1 Å². The molecule has 3 rings (SSSR count). The Balaban J connectivity index is 1.51. The number of hydrogen-bond acceptors (Lipinski definition) is 3. The first-order valence-electron chi connectivity index (χ1n) is 9.73. The highest BCUT2D eigenvalue weighted by atomic mass is 16.2. The van der Waals surface area contributed by atoms with Gasteiger partial charge in [-0.05, 0) is 49.9 Å². The van der Waals surface area contributed by atoms with E-state index >= 15 is 0 Å². The molecule has 1 aliphatic rings. The van der Waals surface area contributed by atoms with Gasteiger partial charge in [-0.2, -0.15) is 0 Å². The molecule has 2 aromatic carbocycles. The quantitative estimate of drug-likeness (QED) is 0.775. The molecule has 0 bridgehead atoms. The largest absolute Gasteiger partial charge is 0.381 e. The van der Waals surface area contributed by atoms with Gasteiger partial charge in [-0.3, -0.25) is 9.59 Å². The molecule has 142 valence electrons. The Morgan fingerprint density at radius 1 is 1.04 bits per heavy atom. The molecule has 0 saturated carbocycles. The van der Waals surface area contributed by atoms with Crippen molar-refractivity contribution in [1.29, 1.82) is 0 Å². The molecular formula is C23H28N2O2. The average Bonchev–Trinajstić information content (AvgIpc) is 2.69. The Kier molecular flexibility index (Phi) is 6.28. The summed E-state index contributed by atoms with van der Waals surface area (Å²) >= 11 is 0. The molecule has 0 spiro atoms. The topological polar surface area (TPSA) is 49.4 Å². The summed E-state index contributed by atoms with van der Waals surface area (Å²) in [5, 5.41) is 3.56. The summed E-state index contributed by atoms with van der Waals surface area (Å²) in [5.74, 6) is 0.108. The zero-order valence-electron chi connectivity index (χ0n) is 16.2. The molecule has 1 aliphatic heterocycles. The van der Waals surface area contributed by atoms with E-state index in [2.05, 4.69) is 37.4 Å². The van der Waals surface area contributed by atoms with Crippen molar-refractivity contribution < 1.29 is 9.59 Å². The van der Waals surface area contributed by atoms with Crippen molar-refractivity contribution >= 4 is 17.4 Å². The van der Waals surface area contributed by atoms with E-state index in [1.807, 2.05) is 23.1 Å². The van der Waals surface area contributed by atoms with Gasteiger partial charge in [-0.1, -0.05) is 36.4 Å². The number of ketones is 1. The highest BCUT2D eigenvalue weighted by Crippen LogP contribution is 2.20. The number of amides is 1. The predicted molar refractivity (Wildman–Crippen MR) is 109 cm³/mol. The predicted octanol–water partition coefficient (Wildman–Crippen LogP) is 4.37. The van der Waals surface area contributed by atoms with Crippen molar-refractivity contribution in [3.8, 4) is 0 Å². The van der Waals surface area contributed by atoms with Gasteiger partial charge in [0, 0.05) is 43.2 Å². The fraction of sp³-hybridized carbons (Fsp3) is 0.391. The van der Waals surface area contributed by atoms with E-state index in [4.69, 9.17) is 0 Å². The molecule has 1 atom stereocenters. The van der Waals surface area contributed by atoms with Crippen molar-refractivity contribution in [3.63, 3.8) is 0 Å². The summed E-state index contributed by atoms with van der Waals surface area (Å²) in [6, 6.07) is 15.8. The van der Waals surface area contributed by atoms with Gasteiger partial charge in [0.05, 0.1) is 0 Å². The van der Waals surface area contributed by atoms with Gasteiger partial charge < -0.3 is 10.2 Å².